The molecular weight excluding hydrogens is 363 g/mol. The Labute approximate surface area is 127 Å². The first kappa shape index (κ1) is 18.1. The van der Waals surface area contributed by atoms with Crippen molar-refractivity contribution in [2.75, 3.05) is 20.1 Å². The Morgan fingerprint density at radius 2 is 2.00 bits per heavy atom. The van der Waals surface area contributed by atoms with Crippen molar-refractivity contribution >= 4 is 50.0 Å². The van der Waals surface area contributed by atoms with Crippen LogP contribution in [0.2, 0.25) is 5.02 Å². The van der Waals surface area contributed by atoms with Crippen molar-refractivity contribution < 1.29 is 8.42 Å². The molecule has 18 heavy (non-hydrogen) atoms. The molecule has 0 radical (unpaired) electrons. The van der Waals surface area contributed by atoms with Crippen LogP contribution in [0.5, 0.6) is 0 Å². The smallest absolute Gasteiger partial charge is 0.240 e. The second kappa shape index (κ2) is 8.35. The van der Waals surface area contributed by atoms with Gasteiger partial charge in [0.2, 0.25) is 10.0 Å². The third kappa shape index (κ3) is 5.42. The lowest BCUT2D eigenvalue weighted by Crippen LogP contribution is -2.26. The molecular formula is C10H15BrCl2N2O2S. The molecule has 0 spiro atoms. The van der Waals surface area contributed by atoms with Crippen LogP contribution < -0.4 is 10.0 Å². The summed E-state index contributed by atoms with van der Waals surface area (Å²) >= 11 is 9.00. The van der Waals surface area contributed by atoms with Crippen molar-refractivity contribution in [2.24, 2.45) is 0 Å². The van der Waals surface area contributed by atoms with Gasteiger partial charge < -0.3 is 5.32 Å². The van der Waals surface area contributed by atoms with E-state index in [9.17, 15) is 8.42 Å². The van der Waals surface area contributed by atoms with Crippen LogP contribution in [-0.4, -0.2) is 28.6 Å². The zero-order valence-corrected chi connectivity index (χ0v) is 13.7. The van der Waals surface area contributed by atoms with E-state index in [1.54, 1.807) is 6.07 Å². The van der Waals surface area contributed by atoms with Crippen LogP contribution in [0.4, 0.5) is 0 Å². The molecule has 1 aromatic carbocycles. The van der Waals surface area contributed by atoms with Crippen molar-refractivity contribution in [3.8, 4) is 0 Å². The second-order valence-corrected chi connectivity index (χ2v) is 6.46. The maximum absolute atomic E-state index is 11.9. The average Bonchev–Trinajstić information content (AvgIpc) is 2.28. The highest BCUT2D eigenvalue weighted by Gasteiger charge is 2.14. The van der Waals surface area contributed by atoms with E-state index in [-0.39, 0.29) is 17.3 Å². The molecule has 0 aliphatic rings. The molecule has 0 heterocycles. The summed E-state index contributed by atoms with van der Waals surface area (Å²) < 4.78 is 26.8. The maximum Gasteiger partial charge on any atom is 0.240 e. The van der Waals surface area contributed by atoms with Crippen molar-refractivity contribution in [3.63, 3.8) is 0 Å². The summed E-state index contributed by atoms with van der Waals surface area (Å²) in [5, 5.41) is 3.44. The van der Waals surface area contributed by atoms with E-state index in [1.807, 2.05) is 7.05 Å². The van der Waals surface area contributed by atoms with Gasteiger partial charge in [0.25, 0.3) is 0 Å². The zero-order chi connectivity index (χ0) is 12.9. The van der Waals surface area contributed by atoms with E-state index in [2.05, 4.69) is 26.0 Å². The van der Waals surface area contributed by atoms with Crippen LogP contribution >= 0.6 is 39.9 Å². The van der Waals surface area contributed by atoms with Gasteiger partial charge in [-0.25, -0.2) is 13.1 Å². The lowest BCUT2D eigenvalue weighted by Gasteiger charge is -2.07. The van der Waals surface area contributed by atoms with Crippen molar-refractivity contribution in [2.45, 2.75) is 11.3 Å². The number of sulfonamides is 1. The summed E-state index contributed by atoms with van der Waals surface area (Å²) in [6.45, 7) is 1.18. The van der Waals surface area contributed by atoms with E-state index in [0.717, 1.165) is 13.0 Å². The van der Waals surface area contributed by atoms with Gasteiger partial charge >= 0.3 is 0 Å². The highest BCUT2D eigenvalue weighted by Crippen LogP contribution is 2.25. The number of benzene rings is 1. The van der Waals surface area contributed by atoms with Gasteiger partial charge in [0.15, 0.2) is 0 Å². The fourth-order valence-electron chi connectivity index (χ4n) is 1.20. The molecule has 104 valence electrons. The SMILES string of the molecule is CNCCCNS(=O)(=O)c1ccc(Cl)c(Br)c1.Cl. The fraction of sp³-hybridized carbons (Fsp3) is 0.400. The molecule has 0 aliphatic heterocycles. The van der Waals surface area contributed by atoms with Gasteiger partial charge in [0, 0.05) is 11.0 Å². The summed E-state index contributed by atoms with van der Waals surface area (Å²) in [4.78, 5) is 0.207. The standard InChI is InChI=1S/C10H14BrClN2O2S.ClH/c1-13-5-2-6-14-17(15,16)8-3-4-10(12)9(11)7-8;/h3-4,7,13-14H,2,5-6H2,1H3;1H. The molecule has 0 unspecified atom stereocenters. The van der Waals surface area contributed by atoms with Crippen LogP contribution in [-0.2, 0) is 10.0 Å². The van der Waals surface area contributed by atoms with Gasteiger partial charge in [-0.15, -0.1) is 12.4 Å². The summed E-state index contributed by atoms with van der Waals surface area (Å²) in [7, 11) is -1.62. The Morgan fingerprint density at radius 3 is 2.56 bits per heavy atom. The molecule has 2 N–H and O–H groups in total. The van der Waals surface area contributed by atoms with Gasteiger partial charge in [-0.3, -0.25) is 0 Å². The minimum Gasteiger partial charge on any atom is -0.320 e. The van der Waals surface area contributed by atoms with E-state index < -0.39 is 10.0 Å². The Kier molecular flexibility index (Phi) is 8.42. The minimum absolute atomic E-state index is 0. The summed E-state index contributed by atoms with van der Waals surface area (Å²) in [5.74, 6) is 0. The van der Waals surface area contributed by atoms with E-state index in [4.69, 9.17) is 11.6 Å². The lowest BCUT2D eigenvalue weighted by atomic mass is 10.4. The number of hydrogen-bond acceptors (Lipinski definition) is 3. The predicted octanol–water partition coefficient (Wildman–Crippen LogP) is 2.41. The summed E-state index contributed by atoms with van der Waals surface area (Å²) in [6, 6.07) is 4.52. The Hall–Kier alpha value is 0.150. The normalized spacial score (nSPS) is 11.1. The van der Waals surface area contributed by atoms with Crippen molar-refractivity contribution in [1.29, 1.82) is 0 Å². The summed E-state index contributed by atoms with van der Waals surface area (Å²) in [5.41, 5.74) is 0. The highest BCUT2D eigenvalue weighted by molar-refractivity contribution is 9.10. The van der Waals surface area contributed by atoms with Crippen LogP contribution in [0.3, 0.4) is 0 Å². The predicted molar refractivity (Wildman–Crippen MR) is 80.1 cm³/mol. The minimum atomic E-state index is -3.45. The molecule has 0 aromatic heterocycles. The van der Waals surface area contributed by atoms with Crippen LogP contribution in [0, 0.1) is 0 Å². The van der Waals surface area contributed by atoms with Gasteiger partial charge in [0.1, 0.15) is 0 Å². The Morgan fingerprint density at radius 1 is 1.33 bits per heavy atom. The second-order valence-electron chi connectivity index (χ2n) is 3.43. The van der Waals surface area contributed by atoms with E-state index >= 15 is 0 Å². The van der Waals surface area contributed by atoms with Gasteiger partial charge in [-0.05, 0) is 54.1 Å². The number of rotatable bonds is 6. The highest BCUT2D eigenvalue weighted by atomic mass is 79.9. The molecule has 0 saturated carbocycles. The zero-order valence-electron chi connectivity index (χ0n) is 9.74. The van der Waals surface area contributed by atoms with Crippen LogP contribution in [0.25, 0.3) is 0 Å². The molecule has 0 saturated heterocycles. The topological polar surface area (TPSA) is 58.2 Å². The molecule has 4 nitrogen and oxygen atoms in total. The molecule has 0 amide bonds. The Bertz CT molecular complexity index is 483. The molecule has 0 bridgehead atoms. The van der Waals surface area contributed by atoms with Gasteiger partial charge in [-0.1, -0.05) is 11.6 Å². The van der Waals surface area contributed by atoms with E-state index in [1.165, 1.54) is 12.1 Å². The van der Waals surface area contributed by atoms with Gasteiger partial charge in [0.05, 0.1) is 9.92 Å². The molecule has 1 aromatic rings. The first-order valence-electron chi connectivity index (χ1n) is 5.06. The largest absolute Gasteiger partial charge is 0.320 e. The van der Waals surface area contributed by atoms with Crippen LogP contribution in [0.1, 0.15) is 6.42 Å². The molecule has 0 atom stereocenters. The third-order valence-electron chi connectivity index (χ3n) is 2.10. The molecule has 8 heteroatoms. The van der Waals surface area contributed by atoms with Crippen molar-refractivity contribution in [1.82, 2.24) is 10.0 Å². The molecule has 0 fully saturated rings. The summed E-state index contributed by atoms with van der Waals surface area (Å²) in [6.07, 6.45) is 0.741. The fourth-order valence-corrected chi connectivity index (χ4v) is 2.95. The third-order valence-corrected chi connectivity index (χ3v) is 4.77. The Balaban J connectivity index is 0.00000289. The van der Waals surface area contributed by atoms with Crippen LogP contribution in [0.15, 0.2) is 27.6 Å². The average molecular weight is 378 g/mol. The maximum atomic E-state index is 11.9. The van der Waals surface area contributed by atoms with Crippen molar-refractivity contribution in [3.05, 3.63) is 27.7 Å². The molecule has 0 aliphatic carbocycles. The lowest BCUT2D eigenvalue weighted by molar-refractivity contribution is 0.577. The number of halogens is 3. The van der Waals surface area contributed by atoms with E-state index in [0.29, 0.717) is 16.0 Å². The van der Waals surface area contributed by atoms with Gasteiger partial charge in [-0.2, -0.15) is 0 Å². The monoisotopic (exact) mass is 376 g/mol. The first-order chi connectivity index (χ1) is 7.97. The quantitative estimate of drug-likeness (QED) is 0.748. The molecule has 1 rings (SSSR count). The number of hydrogen-bond donors (Lipinski definition) is 2. The first-order valence-corrected chi connectivity index (χ1v) is 7.72. The number of nitrogens with one attached hydrogen (secondary N) is 2.